The fourth-order valence-corrected chi connectivity index (χ4v) is 2.79. The van der Waals surface area contributed by atoms with Crippen LogP contribution in [0, 0.1) is 0 Å². The summed E-state index contributed by atoms with van der Waals surface area (Å²) in [6, 6.07) is 17.2. The largest absolute Gasteiger partial charge is 0.573 e. The molecule has 10 heteroatoms. The Morgan fingerprint density at radius 1 is 0.903 bits per heavy atom. The molecule has 0 saturated heterocycles. The van der Waals surface area contributed by atoms with Gasteiger partial charge in [-0.1, -0.05) is 12.1 Å². The zero-order valence-corrected chi connectivity index (χ0v) is 15.8. The maximum Gasteiger partial charge on any atom is 0.573 e. The number of fused-ring (bicyclic) bond motifs is 1. The molecule has 0 aliphatic heterocycles. The van der Waals surface area contributed by atoms with Gasteiger partial charge in [0.05, 0.1) is 0 Å². The Hall–Kier alpha value is -4.08. The Labute approximate surface area is 173 Å². The molecule has 0 unspecified atom stereocenters. The van der Waals surface area contributed by atoms with Crippen LogP contribution in [0.25, 0.3) is 10.9 Å². The van der Waals surface area contributed by atoms with Crippen molar-refractivity contribution in [1.29, 1.82) is 0 Å². The van der Waals surface area contributed by atoms with Crippen LogP contribution in [-0.4, -0.2) is 21.5 Å². The third kappa shape index (κ3) is 5.50. The molecule has 0 atom stereocenters. The summed E-state index contributed by atoms with van der Waals surface area (Å²) in [6.07, 6.45) is -4.72. The maximum atomic E-state index is 12.2. The molecule has 2 heterocycles. The van der Waals surface area contributed by atoms with E-state index in [1.807, 2.05) is 0 Å². The van der Waals surface area contributed by atoms with Gasteiger partial charge in [-0.2, -0.15) is 0 Å². The summed E-state index contributed by atoms with van der Waals surface area (Å²) in [7, 11) is 0. The van der Waals surface area contributed by atoms with Crippen molar-refractivity contribution >= 4 is 16.7 Å². The lowest BCUT2D eigenvalue weighted by Crippen LogP contribution is -2.17. The van der Waals surface area contributed by atoms with Gasteiger partial charge in [0.25, 0.3) is 0 Å². The smallest absolute Gasteiger partial charge is 0.437 e. The van der Waals surface area contributed by atoms with Crippen LogP contribution in [0.4, 0.5) is 19.0 Å². The Kier molecular flexibility index (Phi) is 5.44. The molecule has 31 heavy (non-hydrogen) atoms. The lowest BCUT2D eigenvalue weighted by Gasteiger charge is -2.10. The first kappa shape index (κ1) is 20.2. The summed E-state index contributed by atoms with van der Waals surface area (Å²) in [4.78, 5) is 14.1. The Morgan fingerprint density at radius 3 is 2.39 bits per heavy atom. The number of hydrogen-bond acceptors (Lipinski definition) is 6. The summed E-state index contributed by atoms with van der Waals surface area (Å²) in [5.74, 6) is 1.01. The van der Waals surface area contributed by atoms with E-state index in [4.69, 9.17) is 4.74 Å². The highest BCUT2D eigenvalue weighted by Gasteiger charge is 2.30. The normalized spacial score (nSPS) is 11.3. The van der Waals surface area contributed by atoms with Gasteiger partial charge in [-0.15, -0.1) is 23.4 Å². The van der Waals surface area contributed by atoms with Crippen LogP contribution in [0.5, 0.6) is 17.4 Å². The van der Waals surface area contributed by atoms with E-state index in [0.717, 1.165) is 10.9 Å². The predicted octanol–water partition coefficient (Wildman–Crippen LogP) is 4.62. The fourth-order valence-electron chi connectivity index (χ4n) is 2.79. The molecular weight excluding hydrogens is 413 g/mol. The molecule has 2 N–H and O–H groups in total. The first-order valence-corrected chi connectivity index (χ1v) is 9.07. The van der Waals surface area contributed by atoms with Gasteiger partial charge >= 0.3 is 6.36 Å². The van der Waals surface area contributed by atoms with Crippen LogP contribution in [0.2, 0.25) is 0 Å². The number of halogens is 3. The van der Waals surface area contributed by atoms with Gasteiger partial charge in [0.15, 0.2) is 0 Å². The van der Waals surface area contributed by atoms with E-state index in [0.29, 0.717) is 23.6 Å². The molecule has 2 aromatic carbocycles. The maximum absolute atomic E-state index is 12.2. The number of pyridine rings is 1. The first-order chi connectivity index (χ1) is 14.8. The molecular formula is C21H15F3N4O3. The van der Waals surface area contributed by atoms with Gasteiger partial charge < -0.3 is 19.8 Å². The Bertz CT molecular complexity index is 1240. The van der Waals surface area contributed by atoms with Crippen LogP contribution in [0.1, 0.15) is 5.56 Å². The molecule has 2 aromatic heterocycles. The number of H-pyrrole nitrogens is 1. The molecule has 0 aliphatic carbocycles. The molecule has 4 rings (SSSR count). The molecule has 0 amide bonds. The average Bonchev–Trinajstić information content (AvgIpc) is 2.73. The van der Waals surface area contributed by atoms with Crippen LogP contribution in [0.15, 0.2) is 71.5 Å². The van der Waals surface area contributed by atoms with E-state index >= 15 is 0 Å². The average molecular weight is 428 g/mol. The second kappa shape index (κ2) is 8.34. The number of aromatic nitrogens is 3. The van der Waals surface area contributed by atoms with Crippen molar-refractivity contribution in [3.05, 3.63) is 82.6 Å². The number of rotatable bonds is 6. The van der Waals surface area contributed by atoms with E-state index in [1.165, 1.54) is 30.3 Å². The zero-order valence-electron chi connectivity index (χ0n) is 15.8. The summed E-state index contributed by atoms with van der Waals surface area (Å²) >= 11 is 0. The lowest BCUT2D eigenvalue weighted by molar-refractivity contribution is -0.274. The van der Waals surface area contributed by atoms with Gasteiger partial charge in [-0.25, -0.2) is 0 Å². The molecule has 0 bridgehead atoms. The molecule has 0 radical (unpaired) electrons. The van der Waals surface area contributed by atoms with Crippen molar-refractivity contribution < 1.29 is 22.6 Å². The third-order valence-corrected chi connectivity index (χ3v) is 4.19. The van der Waals surface area contributed by atoms with Crippen molar-refractivity contribution in [1.82, 2.24) is 15.2 Å². The van der Waals surface area contributed by atoms with Crippen LogP contribution in [0.3, 0.4) is 0 Å². The van der Waals surface area contributed by atoms with Crippen molar-refractivity contribution in [2.45, 2.75) is 12.9 Å². The first-order valence-electron chi connectivity index (χ1n) is 9.07. The SMILES string of the molecule is O=c1ccc2cc(Oc3ccc(NCc4ccc(OC(F)(F)F)cc4)nn3)ccc2[nH]1. The molecule has 7 nitrogen and oxygen atoms in total. The second-order valence-electron chi connectivity index (χ2n) is 6.48. The Balaban J connectivity index is 1.35. The van der Waals surface area contributed by atoms with Gasteiger partial charge in [-0.05, 0) is 48.0 Å². The summed E-state index contributed by atoms with van der Waals surface area (Å²) in [5.41, 5.74) is 1.26. The van der Waals surface area contributed by atoms with Gasteiger partial charge in [-0.3, -0.25) is 4.79 Å². The van der Waals surface area contributed by atoms with E-state index < -0.39 is 6.36 Å². The number of benzene rings is 2. The van der Waals surface area contributed by atoms with Gasteiger partial charge in [0.2, 0.25) is 11.4 Å². The topological polar surface area (TPSA) is 89.1 Å². The quantitative estimate of drug-likeness (QED) is 0.466. The van der Waals surface area contributed by atoms with Gasteiger partial charge in [0, 0.05) is 29.6 Å². The van der Waals surface area contributed by atoms with E-state index in [-0.39, 0.29) is 17.2 Å². The van der Waals surface area contributed by atoms with Crippen molar-refractivity contribution in [2.75, 3.05) is 5.32 Å². The number of nitrogens with one attached hydrogen (secondary N) is 2. The number of anilines is 1. The lowest BCUT2D eigenvalue weighted by atomic mass is 10.2. The number of ether oxygens (including phenoxy) is 2. The number of alkyl halides is 3. The molecule has 4 aromatic rings. The molecule has 0 saturated carbocycles. The second-order valence-corrected chi connectivity index (χ2v) is 6.48. The predicted molar refractivity (Wildman–Crippen MR) is 107 cm³/mol. The van der Waals surface area contributed by atoms with Crippen molar-refractivity contribution in [3.8, 4) is 17.4 Å². The van der Waals surface area contributed by atoms with E-state index in [1.54, 1.807) is 36.4 Å². The standard InChI is InChI=1S/C21H15F3N4O3/c22-21(23,24)31-15-4-1-13(2-5-15)12-25-18-8-10-20(28-27-18)30-16-6-7-17-14(11-16)3-9-19(29)26-17/h1-11H,12H2,(H,25,27)(H,26,29). The molecule has 0 fully saturated rings. The molecule has 0 spiro atoms. The highest BCUT2D eigenvalue weighted by atomic mass is 19.4. The highest BCUT2D eigenvalue weighted by molar-refractivity contribution is 5.79. The van der Waals surface area contributed by atoms with Crippen LogP contribution >= 0.6 is 0 Å². The fraction of sp³-hybridized carbons (Fsp3) is 0.0952. The minimum absolute atomic E-state index is 0.180. The Morgan fingerprint density at radius 2 is 1.68 bits per heavy atom. The monoisotopic (exact) mass is 428 g/mol. The molecule has 158 valence electrons. The third-order valence-electron chi connectivity index (χ3n) is 4.19. The van der Waals surface area contributed by atoms with Crippen molar-refractivity contribution in [2.24, 2.45) is 0 Å². The zero-order chi connectivity index (χ0) is 21.8. The summed E-state index contributed by atoms with van der Waals surface area (Å²) < 4.78 is 46.1. The van der Waals surface area contributed by atoms with Crippen molar-refractivity contribution in [3.63, 3.8) is 0 Å². The summed E-state index contributed by atoms with van der Waals surface area (Å²) in [5, 5.41) is 11.9. The number of aromatic amines is 1. The van der Waals surface area contributed by atoms with Crippen LogP contribution < -0.4 is 20.3 Å². The number of nitrogens with zero attached hydrogens (tertiary/aromatic N) is 2. The van der Waals surface area contributed by atoms with E-state index in [9.17, 15) is 18.0 Å². The molecule has 0 aliphatic rings. The summed E-state index contributed by atoms with van der Waals surface area (Å²) in [6.45, 7) is 0.337. The number of hydrogen-bond donors (Lipinski definition) is 2. The van der Waals surface area contributed by atoms with E-state index in [2.05, 4.69) is 25.2 Å². The minimum atomic E-state index is -4.72. The van der Waals surface area contributed by atoms with Crippen LogP contribution in [-0.2, 0) is 6.54 Å². The van der Waals surface area contributed by atoms with Gasteiger partial charge in [0.1, 0.15) is 17.3 Å². The minimum Gasteiger partial charge on any atom is -0.437 e. The highest BCUT2D eigenvalue weighted by Crippen LogP contribution is 2.24.